The zero-order chi connectivity index (χ0) is 12.9. The minimum atomic E-state index is -3.20. The summed E-state index contributed by atoms with van der Waals surface area (Å²) in [6, 6.07) is 4.93. The molecule has 5 heteroatoms. The van der Waals surface area contributed by atoms with Crippen molar-refractivity contribution in [3.8, 4) is 5.75 Å². The molecule has 0 aliphatic heterocycles. The van der Waals surface area contributed by atoms with Gasteiger partial charge in [-0.2, -0.15) is 0 Å². The van der Waals surface area contributed by atoms with Gasteiger partial charge in [0.2, 0.25) is 0 Å². The zero-order valence-electron chi connectivity index (χ0n) is 10.5. The van der Waals surface area contributed by atoms with Crippen LogP contribution in [0.5, 0.6) is 5.75 Å². The number of benzene rings is 1. The van der Waals surface area contributed by atoms with Gasteiger partial charge in [0.1, 0.15) is 5.75 Å². The van der Waals surface area contributed by atoms with Crippen molar-refractivity contribution in [1.82, 2.24) is 5.32 Å². The van der Waals surface area contributed by atoms with Crippen LogP contribution in [0, 0.1) is 6.92 Å². The molecule has 17 heavy (non-hydrogen) atoms. The lowest BCUT2D eigenvalue weighted by Crippen LogP contribution is -2.22. The van der Waals surface area contributed by atoms with Crippen LogP contribution in [0.1, 0.15) is 12.5 Å². The number of ether oxygens (including phenoxy) is 1. The molecule has 0 heterocycles. The smallest absolute Gasteiger partial charge is 0.179 e. The fourth-order valence-electron chi connectivity index (χ4n) is 1.55. The van der Waals surface area contributed by atoms with Crippen LogP contribution in [0.15, 0.2) is 23.1 Å². The summed E-state index contributed by atoms with van der Waals surface area (Å²) in [6.07, 6.45) is 0. The first-order chi connectivity index (χ1) is 8.01. The quantitative estimate of drug-likeness (QED) is 0.782. The van der Waals surface area contributed by atoms with Crippen molar-refractivity contribution < 1.29 is 13.2 Å². The van der Waals surface area contributed by atoms with Gasteiger partial charge in [0, 0.05) is 6.54 Å². The molecule has 0 aromatic heterocycles. The molecule has 1 aromatic carbocycles. The molecule has 96 valence electrons. The van der Waals surface area contributed by atoms with E-state index >= 15 is 0 Å². The molecular formula is C12H19NO3S. The van der Waals surface area contributed by atoms with Gasteiger partial charge >= 0.3 is 0 Å². The monoisotopic (exact) mass is 257 g/mol. The van der Waals surface area contributed by atoms with E-state index < -0.39 is 9.84 Å². The Morgan fingerprint density at radius 2 is 2.06 bits per heavy atom. The average Bonchev–Trinajstić information content (AvgIpc) is 2.29. The van der Waals surface area contributed by atoms with Crippen molar-refractivity contribution in [3.05, 3.63) is 23.8 Å². The predicted octanol–water partition coefficient (Wildman–Crippen LogP) is 1.39. The van der Waals surface area contributed by atoms with Crippen molar-refractivity contribution >= 4 is 9.84 Å². The summed E-state index contributed by atoms with van der Waals surface area (Å²) >= 11 is 0. The Morgan fingerprint density at radius 3 is 2.59 bits per heavy atom. The molecule has 0 unspecified atom stereocenters. The topological polar surface area (TPSA) is 55.4 Å². The Balaban J connectivity index is 2.88. The van der Waals surface area contributed by atoms with Crippen LogP contribution in [0.3, 0.4) is 0 Å². The molecule has 0 bridgehead atoms. The Labute approximate surface area is 103 Å². The second kappa shape index (κ2) is 6.02. The van der Waals surface area contributed by atoms with E-state index in [0.29, 0.717) is 17.2 Å². The fourth-order valence-corrected chi connectivity index (χ4v) is 2.83. The molecule has 1 N–H and O–H groups in total. The Kier molecular flexibility index (Phi) is 4.96. The molecule has 4 nitrogen and oxygen atoms in total. The lowest BCUT2D eigenvalue weighted by atomic mass is 10.2. The van der Waals surface area contributed by atoms with E-state index in [4.69, 9.17) is 4.74 Å². The fraction of sp³-hybridized carbons (Fsp3) is 0.500. The van der Waals surface area contributed by atoms with Gasteiger partial charge in [-0.1, -0.05) is 6.92 Å². The van der Waals surface area contributed by atoms with E-state index in [0.717, 1.165) is 12.1 Å². The molecule has 0 spiro atoms. The number of nitrogens with one attached hydrogen (secondary N) is 1. The number of hydrogen-bond donors (Lipinski definition) is 1. The molecule has 0 fully saturated rings. The predicted molar refractivity (Wildman–Crippen MR) is 68.3 cm³/mol. The van der Waals surface area contributed by atoms with Gasteiger partial charge in [0.15, 0.2) is 9.84 Å². The summed E-state index contributed by atoms with van der Waals surface area (Å²) < 4.78 is 29.1. The SMILES string of the molecule is CCNCCS(=O)(=O)c1ccc(OC)c(C)c1. The highest BCUT2D eigenvalue weighted by Gasteiger charge is 2.14. The van der Waals surface area contributed by atoms with E-state index in [1.165, 1.54) is 0 Å². The van der Waals surface area contributed by atoms with Crippen molar-refractivity contribution in [3.63, 3.8) is 0 Å². The van der Waals surface area contributed by atoms with Crippen LogP contribution in [-0.4, -0.2) is 34.4 Å². The van der Waals surface area contributed by atoms with E-state index in [1.807, 2.05) is 13.8 Å². The van der Waals surface area contributed by atoms with Gasteiger partial charge in [-0.3, -0.25) is 0 Å². The van der Waals surface area contributed by atoms with Crippen LogP contribution in [0.2, 0.25) is 0 Å². The number of methoxy groups -OCH3 is 1. The van der Waals surface area contributed by atoms with E-state index in [-0.39, 0.29) is 5.75 Å². The molecule has 1 aromatic rings. The highest BCUT2D eigenvalue weighted by Crippen LogP contribution is 2.21. The summed E-state index contributed by atoms with van der Waals surface area (Å²) in [4.78, 5) is 0.355. The number of hydrogen-bond acceptors (Lipinski definition) is 4. The summed E-state index contributed by atoms with van der Waals surface area (Å²) in [5.74, 6) is 0.822. The second-order valence-electron chi connectivity index (χ2n) is 3.80. The van der Waals surface area contributed by atoms with Crippen molar-refractivity contribution in [2.75, 3.05) is 26.0 Å². The largest absolute Gasteiger partial charge is 0.496 e. The molecule has 0 radical (unpaired) electrons. The summed E-state index contributed by atoms with van der Waals surface area (Å²) in [6.45, 7) is 5.04. The normalized spacial score (nSPS) is 11.5. The van der Waals surface area contributed by atoms with Gasteiger partial charge in [0.05, 0.1) is 17.8 Å². The van der Waals surface area contributed by atoms with Crippen molar-refractivity contribution in [2.24, 2.45) is 0 Å². The van der Waals surface area contributed by atoms with Crippen LogP contribution in [0.4, 0.5) is 0 Å². The molecule has 0 amide bonds. The molecule has 0 saturated carbocycles. The average molecular weight is 257 g/mol. The van der Waals surface area contributed by atoms with E-state index in [2.05, 4.69) is 5.32 Å². The van der Waals surface area contributed by atoms with Crippen LogP contribution >= 0.6 is 0 Å². The van der Waals surface area contributed by atoms with Crippen LogP contribution < -0.4 is 10.1 Å². The standard InChI is InChI=1S/C12H19NO3S/c1-4-13-7-8-17(14,15)11-5-6-12(16-3)10(2)9-11/h5-6,9,13H,4,7-8H2,1-3H3. The molecule has 0 aliphatic carbocycles. The molecule has 0 saturated heterocycles. The van der Waals surface area contributed by atoms with Crippen molar-refractivity contribution in [1.29, 1.82) is 0 Å². The maximum absolute atomic E-state index is 12.0. The Morgan fingerprint density at radius 1 is 1.35 bits per heavy atom. The molecule has 1 rings (SSSR count). The highest BCUT2D eigenvalue weighted by molar-refractivity contribution is 7.91. The number of rotatable bonds is 6. The van der Waals surface area contributed by atoms with Crippen LogP contribution in [0.25, 0.3) is 0 Å². The minimum absolute atomic E-state index is 0.118. The maximum Gasteiger partial charge on any atom is 0.179 e. The Hall–Kier alpha value is -1.07. The third-order valence-corrected chi connectivity index (χ3v) is 4.24. The van der Waals surface area contributed by atoms with Gasteiger partial charge in [-0.05, 0) is 37.2 Å². The van der Waals surface area contributed by atoms with Gasteiger partial charge in [0.25, 0.3) is 0 Å². The zero-order valence-corrected chi connectivity index (χ0v) is 11.3. The van der Waals surface area contributed by atoms with Crippen LogP contribution in [-0.2, 0) is 9.84 Å². The second-order valence-corrected chi connectivity index (χ2v) is 5.91. The Bertz CT molecular complexity index is 469. The van der Waals surface area contributed by atoms with Gasteiger partial charge in [-0.25, -0.2) is 8.42 Å². The lowest BCUT2D eigenvalue weighted by molar-refractivity contribution is 0.411. The maximum atomic E-state index is 12.0. The van der Waals surface area contributed by atoms with E-state index in [1.54, 1.807) is 25.3 Å². The van der Waals surface area contributed by atoms with E-state index in [9.17, 15) is 8.42 Å². The first-order valence-electron chi connectivity index (χ1n) is 5.59. The summed E-state index contributed by atoms with van der Waals surface area (Å²) in [5, 5.41) is 3.01. The molecular weight excluding hydrogens is 238 g/mol. The number of aryl methyl sites for hydroxylation is 1. The lowest BCUT2D eigenvalue weighted by Gasteiger charge is -2.08. The minimum Gasteiger partial charge on any atom is -0.496 e. The highest BCUT2D eigenvalue weighted by atomic mass is 32.2. The third kappa shape index (κ3) is 3.71. The molecule has 0 atom stereocenters. The first-order valence-corrected chi connectivity index (χ1v) is 7.24. The first kappa shape index (κ1) is 14.0. The van der Waals surface area contributed by atoms with Gasteiger partial charge in [-0.15, -0.1) is 0 Å². The molecule has 0 aliphatic rings. The third-order valence-electron chi connectivity index (χ3n) is 2.52. The van der Waals surface area contributed by atoms with Gasteiger partial charge < -0.3 is 10.1 Å². The van der Waals surface area contributed by atoms with Crippen molar-refractivity contribution in [2.45, 2.75) is 18.7 Å². The summed E-state index contributed by atoms with van der Waals surface area (Å²) in [7, 11) is -1.63. The summed E-state index contributed by atoms with van der Waals surface area (Å²) in [5.41, 5.74) is 0.831. The number of sulfone groups is 1.